The molecule has 3 aromatic carbocycles. The zero-order chi connectivity index (χ0) is 69.8. The number of nitrogens with two attached hydrogens (primary N) is 1. The summed E-state index contributed by atoms with van der Waals surface area (Å²) in [6, 6.07) is 8.81. The van der Waals surface area contributed by atoms with Gasteiger partial charge in [0.25, 0.3) is 0 Å². The van der Waals surface area contributed by atoms with Gasteiger partial charge >= 0.3 is 0 Å². The monoisotopic (exact) mass is 1360 g/mol. The number of benzene rings is 3. The zero-order valence-electron chi connectivity index (χ0n) is 51.8. The highest BCUT2D eigenvalue weighted by Gasteiger charge is 2.54. The van der Waals surface area contributed by atoms with E-state index >= 15 is 0 Å². The molecule has 96 heavy (non-hydrogen) atoms. The second kappa shape index (κ2) is 33.7. The lowest BCUT2D eigenvalue weighted by Gasteiger charge is -2.46. The summed E-state index contributed by atoms with van der Waals surface area (Å²) < 4.78 is 39.9. The quantitative estimate of drug-likeness (QED) is 0.0295. The van der Waals surface area contributed by atoms with Crippen molar-refractivity contribution in [2.45, 2.75) is 172 Å². The molecule has 5 aliphatic heterocycles. The van der Waals surface area contributed by atoms with Gasteiger partial charge in [-0.15, -0.1) is 0 Å². The standard InChI is InChI=1S/C60H84N11O25/c1-25(28-6-4-3-5-7-28)38(61)53(87)67-32(16-26-8-14-31(15-9-26)92-57-50(85)47(82)51(36(22-75)94-57)96-58-49(84)46(81)44(79)37(95-58)24-91-23-27-10-12-30(90-2)13-11-27)52(86)69-39(41(76)33-17-64-59(62)68-33)55(89)70-40(54(88)66-29(19-72)20-73)42(77)34-18-65-60(63)71(34)56-48(83)45(80)43(78)35(21-74)93-56/h3-15,25,29,32-51,56-58,72,74-85H,16-19,21-24,61H2,1-2H3,(H2,63,65)(H,66,88)(H,67,87)(H,69,86)(H,70,89)(H3,62,64,68). The van der Waals surface area contributed by atoms with Crippen LogP contribution in [-0.4, -0.2) is 306 Å². The Bertz CT molecular complexity index is 3080. The topological polar surface area (TPSA) is 574 Å². The second-order valence-electron chi connectivity index (χ2n) is 23.7. The van der Waals surface area contributed by atoms with Crippen LogP contribution in [0.3, 0.4) is 0 Å². The molecule has 4 amide bonds. The van der Waals surface area contributed by atoms with Gasteiger partial charge in [0.15, 0.2) is 24.4 Å². The number of guanidine groups is 2. The van der Waals surface area contributed by atoms with Crippen molar-refractivity contribution in [3.63, 3.8) is 0 Å². The lowest BCUT2D eigenvalue weighted by molar-refractivity contribution is -0.353. The molecule has 25 atom stereocenters. The maximum atomic E-state index is 15.0. The predicted molar refractivity (Wildman–Crippen MR) is 326 cm³/mol. The Morgan fingerprint density at radius 1 is 0.667 bits per heavy atom. The van der Waals surface area contributed by atoms with Gasteiger partial charge in [-0.3, -0.25) is 34.8 Å². The number of methoxy groups -OCH3 is 1. The molecular formula is C60H84N11O25. The molecule has 36 heteroatoms. The number of amides is 4. The minimum absolute atomic E-state index is 0.0443. The van der Waals surface area contributed by atoms with E-state index in [1.165, 1.54) is 37.7 Å². The predicted octanol–water partition coefficient (Wildman–Crippen LogP) is -10.1. The Hall–Kier alpha value is -7.41. The average Bonchev–Trinajstić information content (AvgIpc) is 1.47. The van der Waals surface area contributed by atoms with E-state index in [4.69, 9.17) is 49.7 Å². The average molecular weight is 1360 g/mol. The Morgan fingerprint density at radius 2 is 1.26 bits per heavy atom. The van der Waals surface area contributed by atoms with Crippen LogP contribution in [0.1, 0.15) is 29.5 Å². The maximum Gasteiger partial charge on any atom is 0.246 e. The highest BCUT2D eigenvalue weighted by atomic mass is 16.7. The first-order valence-corrected chi connectivity index (χ1v) is 30.6. The molecule has 1 radical (unpaired) electrons. The number of aliphatic hydroxyl groups excluding tert-OH is 13. The molecule has 0 aromatic heterocycles. The van der Waals surface area contributed by atoms with Crippen LogP contribution in [-0.2, 0) is 60.7 Å². The van der Waals surface area contributed by atoms with Gasteiger partial charge in [0.2, 0.25) is 36.2 Å². The van der Waals surface area contributed by atoms with Gasteiger partial charge in [-0.2, -0.15) is 0 Å². The normalized spacial score (nSPS) is 31.5. The van der Waals surface area contributed by atoms with Crippen molar-refractivity contribution in [1.29, 1.82) is 10.8 Å². The molecule has 8 rings (SSSR count). The number of aliphatic hydroxyl groups is 13. The molecule has 25 unspecified atom stereocenters. The summed E-state index contributed by atoms with van der Waals surface area (Å²) in [4.78, 5) is 70.9. The fraction of sp³-hybridized carbons (Fsp3) is 0.583. The minimum atomic E-state index is -2.29. The molecular weight excluding hydrogens is 1270 g/mol. The van der Waals surface area contributed by atoms with E-state index in [2.05, 4.69) is 37.2 Å². The lowest BCUT2D eigenvalue weighted by Crippen LogP contribution is -2.69. The fourth-order valence-electron chi connectivity index (χ4n) is 11.5. The third-order valence-corrected chi connectivity index (χ3v) is 17.3. The van der Waals surface area contributed by atoms with Gasteiger partial charge in [-0.1, -0.05) is 61.5 Å². The van der Waals surface area contributed by atoms with Gasteiger partial charge in [0.1, 0.15) is 121 Å². The molecule has 5 heterocycles. The van der Waals surface area contributed by atoms with E-state index in [-0.39, 0.29) is 37.0 Å². The first kappa shape index (κ1) is 74.4. The van der Waals surface area contributed by atoms with E-state index in [1.54, 1.807) is 61.5 Å². The summed E-state index contributed by atoms with van der Waals surface area (Å²) in [7, 11) is 1.51. The second-order valence-corrected chi connectivity index (χ2v) is 23.7. The van der Waals surface area contributed by atoms with E-state index in [0.29, 0.717) is 11.3 Å². The largest absolute Gasteiger partial charge is 0.497 e. The maximum absolute atomic E-state index is 15.0. The summed E-state index contributed by atoms with van der Waals surface area (Å²) in [5.41, 5.74) is 8.14. The molecule has 3 aromatic rings. The summed E-state index contributed by atoms with van der Waals surface area (Å²) in [6.45, 7) is -2.09. The van der Waals surface area contributed by atoms with Crippen molar-refractivity contribution in [3.05, 3.63) is 95.6 Å². The summed E-state index contributed by atoms with van der Waals surface area (Å²) in [5, 5.41) is 176. The van der Waals surface area contributed by atoms with E-state index < -0.39 is 215 Å². The van der Waals surface area contributed by atoms with E-state index in [1.807, 2.05) is 0 Å². The fourth-order valence-corrected chi connectivity index (χ4v) is 11.5. The van der Waals surface area contributed by atoms with Gasteiger partial charge in [-0.25, -0.2) is 0 Å². The highest BCUT2D eigenvalue weighted by Crippen LogP contribution is 2.33. The first-order chi connectivity index (χ1) is 45.8. The molecule has 5 aliphatic rings. The van der Waals surface area contributed by atoms with Crippen molar-refractivity contribution in [2.24, 2.45) is 5.73 Å². The lowest BCUT2D eigenvalue weighted by atomic mass is 9.93. The van der Waals surface area contributed by atoms with Gasteiger partial charge in [0.05, 0.1) is 58.3 Å². The van der Waals surface area contributed by atoms with E-state index in [9.17, 15) is 90.4 Å². The number of carbonyl (C=O) groups is 4. The molecule has 24 N–H and O–H groups in total. The summed E-state index contributed by atoms with van der Waals surface area (Å²) in [6.07, 6.45) is -29.8. The third kappa shape index (κ3) is 17.5. The molecule has 0 bridgehead atoms. The van der Waals surface area contributed by atoms with Crippen LogP contribution >= 0.6 is 0 Å². The Morgan fingerprint density at radius 3 is 1.89 bits per heavy atom. The summed E-state index contributed by atoms with van der Waals surface area (Å²) in [5.74, 6) is -5.92. The number of nitrogens with one attached hydrogen (secondary N) is 9. The smallest absolute Gasteiger partial charge is 0.246 e. The third-order valence-electron chi connectivity index (χ3n) is 17.3. The van der Waals surface area contributed by atoms with Gasteiger partial charge in [0, 0.05) is 25.4 Å². The van der Waals surface area contributed by atoms with Crippen molar-refractivity contribution >= 4 is 41.8 Å². The first-order valence-electron chi connectivity index (χ1n) is 30.6. The molecule has 36 nitrogen and oxygen atoms in total. The SMILES string of the molecule is COc1ccc(COCC2OC(OC3C(CO)OC(Oc4ccc(CC(NC(=O)C(N)C(C)c5ccccc5)C(=O)NC(C(=O)NC(C(=O)NC([C]=O)CO)C(O)C5CNC(=N)N5C5OC(CO)C(O)C(O)C5O)C(O)C5CNC(=N)N5)cc4)C(O)C3O)C(O)C(O)C2O)cc1. The number of hydrogen-bond donors (Lipinski definition) is 23. The summed E-state index contributed by atoms with van der Waals surface area (Å²) >= 11 is 0. The zero-order valence-corrected chi connectivity index (χ0v) is 51.8. The van der Waals surface area contributed by atoms with Gasteiger partial charge in [-0.05, 0) is 41.0 Å². The van der Waals surface area contributed by atoms with Crippen LogP contribution in [0.25, 0.3) is 0 Å². The Labute approximate surface area is 548 Å². The van der Waals surface area contributed by atoms with E-state index in [0.717, 1.165) is 10.5 Å². The van der Waals surface area contributed by atoms with Crippen molar-refractivity contribution in [1.82, 2.24) is 42.1 Å². The molecule has 529 valence electrons. The molecule has 5 fully saturated rings. The Kier molecular flexibility index (Phi) is 26.1. The van der Waals surface area contributed by atoms with Crippen LogP contribution in [0, 0.1) is 10.8 Å². The molecule has 0 spiro atoms. The number of nitrogens with zero attached hydrogens (tertiary/aromatic N) is 1. The number of hydrogen-bond acceptors (Lipinski definition) is 28. The van der Waals surface area contributed by atoms with Crippen molar-refractivity contribution in [3.8, 4) is 11.5 Å². The van der Waals surface area contributed by atoms with Gasteiger partial charge < -0.3 is 147 Å². The van der Waals surface area contributed by atoms with Crippen LogP contribution in [0.15, 0.2) is 78.9 Å². The molecule has 0 saturated carbocycles. The van der Waals surface area contributed by atoms with Crippen molar-refractivity contribution < 1.29 is 124 Å². The number of ether oxygens (including phenoxy) is 7. The highest BCUT2D eigenvalue weighted by molar-refractivity contribution is 5.96. The number of rotatable bonds is 30. The minimum Gasteiger partial charge on any atom is -0.497 e. The van der Waals surface area contributed by atoms with Crippen LogP contribution in [0.4, 0.5) is 0 Å². The van der Waals surface area contributed by atoms with Crippen LogP contribution < -0.4 is 52.4 Å². The molecule has 0 aliphatic carbocycles. The number of carbonyl (C=O) groups excluding carboxylic acids is 5. The van der Waals surface area contributed by atoms with Crippen molar-refractivity contribution in [2.75, 3.05) is 46.6 Å². The van der Waals surface area contributed by atoms with Crippen LogP contribution in [0.5, 0.6) is 11.5 Å². The van der Waals surface area contributed by atoms with Crippen LogP contribution in [0.2, 0.25) is 0 Å². The molecule has 5 saturated heterocycles. The Balaban J connectivity index is 1.01.